The van der Waals surface area contributed by atoms with Crippen LogP contribution in [0.2, 0.25) is 0 Å². The lowest BCUT2D eigenvalue weighted by atomic mass is 9.90. The van der Waals surface area contributed by atoms with Gasteiger partial charge >= 0.3 is 12.3 Å². The Morgan fingerprint density at radius 3 is 2.72 bits per heavy atom. The average molecular weight is 452 g/mol. The van der Waals surface area contributed by atoms with Crippen LogP contribution in [0.5, 0.6) is 0 Å². The van der Waals surface area contributed by atoms with Crippen LogP contribution in [0.3, 0.4) is 0 Å². The summed E-state index contributed by atoms with van der Waals surface area (Å²) in [6.45, 7) is 0.680. The number of hydrogen-bond donors (Lipinski definition) is 1. The summed E-state index contributed by atoms with van der Waals surface area (Å²) in [5, 5.41) is 2.93. The van der Waals surface area contributed by atoms with Gasteiger partial charge in [0.25, 0.3) is 0 Å². The molecule has 1 amide bonds. The molecule has 7 nitrogen and oxygen atoms in total. The monoisotopic (exact) mass is 452 g/mol. The van der Waals surface area contributed by atoms with E-state index in [1.165, 1.54) is 17.3 Å². The van der Waals surface area contributed by atoms with Gasteiger partial charge in [0, 0.05) is 18.7 Å². The third-order valence-electron chi connectivity index (χ3n) is 5.31. The molecule has 3 aromatic rings. The van der Waals surface area contributed by atoms with E-state index in [9.17, 15) is 22.4 Å². The van der Waals surface area contributed by atoms with E-state index >= 15 is 0 Å². The van der Waals surface area contributed by atoms with Crippen LogP contribution in [-0.2, 0) is 4.74 Å². The van der Waals surface area contributed by atoms with Crippen LogP contribution in [0, 0.1) is 12.7 Å². The van der Waals surface area contributed by atoms with Crippen molar-refractivity contribution in [1.82, 2.24) is 14.9 Å². The van der Waals surface area contributed by atoms with E-state index in [-0.39, 0.29) is 24.7 Å². The lowest BCUT2D eigenvalue weighted by Gasteiger charge is -2.31. The van der Waals surface area contributed by atoms with Crippen molar-refractivity contribution in [2.45, 2.75) is 31.9 Å². The molecule has 4 rings (SSSR count). The fourth-order valence-electron chi connectivity index (χ4n) is 3.70. The molecule has 1 aromatic carbocycles. The van der Waals surface area contributed by atoms with Crippen LogP contribution < -0.4 is 5.32 Å². The smallest absolute Gasteiger partial charge is 0.422 e. The number of likely N-dealkylation sites (tertiary alicyclic amines) is 1. The SMILES string of the molecule is Cc1ccc(Nc2ncnc3c(C4CCN(C(=O)OCC(F)(F)F)CC4)coc23)c(F)c1. The van der Waals surface area contributed by atoms with Gasteiger partial charge in [0.05, 0.1) is 12.0 Å². The molecule has 1 saturated heterocycles. The van der Waals surface area contributed by atoms with Crippen molar-refractivity contribution in [1.29, 1.82) is 0 Å². The number of amides is 1. The van der Waals surface area contributed by atoms with Gasteiger partial charge in [-0.2, -0.15) is 13.2 Å². The molecule has 0 unspecified atom stereocenters. The topological polar surface area (TPSA) is 80.5 Å². The van der Waals surface area contributed by atoms with E-state index in [1.807, 2.05) is 0 Å². The highest BCUT2D eigenvalue weighted by atomic mass is 19.4. The van der Waals surface area contributed by atoms with E-state index < -0.39 is 24.7 Å². The van der Waals surface area contributed by atoms with Crippen LogP contribution in [0.4, 0.5) is 33.9 Å². The Hall–Kier alpha value is -3.37. The summed E-state index contributed by atoms with van der Waals surface area (Å²) in [4.78, 5) is 21.6. The molecule has 0 atom stereocenters. The van der Waals surface area contributed by atoms with Gasteiger partial charge in [0.1, 0.15) is 17.7 Å². The lowest BCUT2D eigenvalue weighted by molar-refractivity contribution is -0.162. The zero-order chi connectivity index (χ0) is 22.9. The summed E-state index contributed by atoms with van der Waals surface area (Å²) in [6.07, 6.45) is -1.62. The molecule has 1 aliphatic heterocycles. The molecule has 1 N–H and O–H groups in total. The molecule has 0 bridgehead atoms. The predicted molar refractivity (Wildman–Crippen MR) is 107 cm³/mol. The number of carbonyl (C=O) groups excluding carboxylic acids is 1. The highest BCUT2D eigenvalue weighted by Gasteiger charge is 2.32. The van der Waals surface area contributed by atoms with Gasteiger partial charge in [0.15, 0.2) is 18.0 Å². The fourth-order valence-corrected chi connectivity index (χ4v) is 3.70. The summed E-state index contributed by atoms with van der Waals surface area (Å²) in [6, 6.07) is 4.78. The molecular weight excluding hydrogens is 432 g/mol. The van der Waals surface area contributed by atoms with Crippen molar-refractivity contribution in [3.63, 3.8) is 0 Å². The minimum absolute atomic E-state index is 0.0122. The largest absolute Gasteiger partial charge is 0.458 e. The number of aryl methyl sites for hydroxylation is 1. The normalized spacial score (nSPS) is 15.2. The van der Waals surface area contributed by atoms with E-state index in [1.54, 1.807) is 25.3 Å². The summed E-state index contributed by atoms with van der Waals surface area (Å²) >= 11 is 0. The quantitative estimate of drug-likeness (QED) is 0.542. The van der Waals surface area contributed by atoms with Gasteiger partial charge in [0.2, 0.25) is 0 Å². The number of alkyl halides is 3. The maximum absolute atomic E-state index is 14.2. The Morgan fingerprint density at radius 1 is 1.28 bits per heavy atom. The summed E-state index contributed by atoms with van der Waals surface area (Å²) in [5.74, 6) is -0.118. The van der Waals surface area contributed by atoms with Crippen molar-refractivity contribution < 1.29 is 31.5 Å². The summed E-state index contributed by atoms with van der Waals surface area (Å²) in [5.41, 5.74) is 2.77. The van der Waals surface area contributed by atoms with E-state index in [0.29, 0.717) is 29.8 Å². The number of carbonyl (C=O) groups is 1. The van der Waals surface area contributed by atoms with Gasteiger partial charge in [-0.05, 0) is 43.4 Å². The van der Waals surface area contributed by atoms with Gasteiger partial charge in [-0.3, -0.25) is 0 Å². The third-order valence-corrected chi connectivity index (χ3v) is 5.31. The molecule has 0 radical (unpaired) electrons. The Kier molecular flexibility index (Phi) is 5.90. The lowest BCUT2D eigenvalue weighted by Crippen LogP contribution is -2.39. The number of fused-ring (bicyclic) bond motifs is 1. The Bertz CT molecular complexity index is 1120. The molecule has 170 valence electrons. The zero-order valence-electron chi connectivity index (χ0n) is 17.1. The minimum Gasteiger partial charge on any atom is -0.458 e. The predicted octanol–water partition coefficient (Wildman–Crippen LogP) is 5.29. The first-order chi connectivity index (χ1) is 15.2. The molecule has 1 aliphatic rings. The van der Waals surface area contributed by atoms with Crippen LogP contribution in [0.15, 0.2) is 35.2 Å². The Morgan fingerprint density at radius 2 is 2.03 bits per heavy atom. The maximum Gasteiger partial charge on any atom is 0.422 e. The number of furan rings is 1. The van der Waals surface area contributed by atoms with Crippen molar-refractivity contribution in [3.8, 4) is 0 Å². The van der Waals surface area contributed by atoms with Crippen LogP contribution >= 0.6 is 0 Å². The first-order valence-electron chi connectivity index (χ1n) is 9.95. The molecule has 0 aliphatic carbocycles. The highest BCUT2D eigenvalue weighted by Crippen LogP contribution is 2.36. The molecule has 2 aromatic heterocycles. The molecule has 1 fully saturated rings. The van der Waals surface area contributed by atoms with Gasteiger partial charge in [-0.15, -0.1) is 0 Å². The number of halogens is 4. The number of nitrogens with one attached hydrogen (secondary N) is 1. The highest BCUT2D eigenvalue weighted by molar-refractivity contribution is 5.88. The summed E-state index contributed by atoms with van der Waals surface area (Å²) in [7, 11) is 0. The van der Waals surface area contributed by atoms with Crippen LogP contribution in [-0.4, -0.2) is 46.8 Å². The maximum atomic E-state index is 14.2. The van der Waals surface area contributed by atoms with Crippen LogP contribution in [0.25, 0.3) is 11.1 Å². The minimum atomic E-state index is -4.56. The second-order valence-corrected chi connectivity index (χ2v) is 7.63. The molecule has 0 saturated carbocycles. The fraction of sp³-hybridized carbons (Fsp3) is 0.381. The van der Waals surface area contributed by atoms with Crippen molar-refractivity contribution >= 4 is 28.7 Å². The van der Waals surface area contributed by atoms with Crippen molar-refractivity contribution in [2.24, 2.45) is 0 Å². The second-order valence-electron chi connectivity index (χ2n) is 7.63. The molecular formula is C21H20F4N4O3. The molecule has 3 heterocycles. The molecule has 11 heteroatoms. The van der Waals surface area contributed by atoms with Crippen molar-refractivity contribution in [2.75, 3.05) is 25.0 Å². The van der Waals surface area contributed by atoms with E-state index in [2.05, 4.69) is 20.0 Å². The number of nitrogens with zero attached hydrogens (tertiary/aromatic N) is 3. The molecule has 32 heavy (non-hydrogen) atoms. The number of benzene rings is 1. The van der Waals surface area contributed by atoms with Crippen molar-refractivity contribution in [3.05, 3.63) is 47.7 Å². The second kappa shape index (κ2) is 8.64. The third kappa shape index (κ3) is 4.76. The molecule has 0 spiro atoms. The number of anilines is 2. The standard InChI is InChI=1S/C21H20F4N4O3/c1-12-2-3-16(15(22)8-12)28-19-18-17(26-11-27-19)14(9-31-18)13-4-6-29(7-5-13)20(30)32-10-21(23,24)25/h2-3,8-9,11,13H,4-7,10H2,1H3,(H,26,27,28). The van der Waals surface area contributed by atoms with Gasteiger partial charge < -0.3 is 19.4 Å². The first-order valence-corrected chi connectivity index (χ1v) is 9.95. The number of aromatic nitrogens is 2. The number of rotatable bonds is 4. The number of piperidine rings is 1. The Labute approximate surface area is 180 Å². The van der Waals surface area contributed by atoms with Gasteiger partial charge in [-0.1, -0.05) is 6.07 Å². The van der Waals surface area contributed by atoms with Gasteiger partial charge in [-0.25, -0.2) is 19.2 Å². The Balaban J connectivity index is 1.46. The number of hydrogen-bond acceptors (Lipinski definition) is 6. The average Bonchev–Trinajstić information content (AvgIpc) is 3.19. The summed E-state index contributed by atoms with van der Waals surface area (Å²) < 4.78 is 60.9. The number of ether oxygens (including phenoxy) is 1. The first kappa shape index (κ1) is 21.8. The zero-order valence-corrected chi connectivity index (χ0v) is 17.1. The van der Waals surface area contributed by atoms with E-state index in [0.717, 1.165) is 11.1 Å². The van der Waals surface area contributed by atoms with Crippen LogP contribution in [0.1, 0.15) is 29.9 Å². The van der Waals surface area contributed by atoms with E-state index in [4.69, 9.17) is 4.42 Å².